The molecule has 2 fully saturated rings. The molecule has 4 aromatic heterocycles. The molecule has 6 heterocycles. The van der Waals surface area contributed by atoms with Gasteiger partial charge in [-0.3, -0.25) is 28.8 Å². The summed E-state index contributed by atoms with van der Waals surface area (Å²) < 4.78 is 8.60. The fraction of sp³-hybridized carbons (Fsp3) is 0.400. The van der Waals surface area contributed by atoms with Crippen molar-refractivity contribution in [2.24, 2.45) is 0 Å². The number of pyridine rings is 2. The Morgan fingerprint density at radius 2 is 1.24 bits per heavy atom. The predicted octanol–water partition coefficient (Wildman–Crippen LogP) is 5.33. The summed E-state index contributed by atoms with van der Waals surface area (Å²) in [6.45, 7) is 10.1. The Kier molecular flexibility index (Phi) is 13.0. The van der Waals surface area contributed by atoms with Gasteiger partial charge in [0, 0.05) is 76.7 Å². The summed E-state index contributed by atoms with van der Waals surface area (Å²) in [6.07, 6.45) is 12.6. The van der Waals surface area contributed by atoms with E-state index in [0.717, 1.165) is 87.0 Å². The Bertz CT molecular complexity index is 3080. The Hall–Kier alpha value is -7.50. The molecule has 4 aliphatic rings. The van der Waals surface area contributed by atoms with Crippen LogP contribution in [0, 0.1) is 0 Å². The van der Waals surface area contributed by atoms with E-state index in [1.807, 2.05) is 65.4 Å². The van der Waals surface area contributed by atoms with E-state index in [2.05, 4.69) is 45.7 Å². The molecule has 18 nitrogen and oxygen atoms in total. The van der Waals surface area contributed by atoms with Crippen LogP contribution in [0.5, 0.6) is 0 Å². The average molecular weight is 922 g/mol. The number of hydrogen-bond donors (Lipinski definition) is 3. The van der Waals surface area contributed by atoms with E-state index < -0.39 is 29.2 Å². The molecule has 0 bridgehead atoms. The molecule has 10 rings (SSSR count). The van der Waals surface area contributed by atoms with Crippen LogP contribution < -0.4 is 36.6 Å². The minimum absolute atomic E-state index is 0.0332. The number of nitrogens with zero attached hydrogens (tertiary/aromatic N) is 8. The maximum atomic E-state index is 13.3. The number of methoxy groups -OCH3 is 1. The molecule has 18 heteroatoms. The number of aryl methyl sites for hydroxylation is 3. The second kappa shape index (κ2) is 19.4. The number of rotatable bonds is 10. The number of nitrogens with one attached hydrogen (secondary N) is 3. The number of carbonyl (C=O) groups excluding carboxylic acids is 4. The molecule has 2 aromatic carbocycles. The van der Waals surface area contributed by atoms with Crippen LogP contribution in [-0.2, 0) is 33.8 Å². The van der Waals surface area contributed by atoms with Crippen LogP contribution in [0.2, 0.25) is 0 Å². The van der Waals surface area contributed by atoms with Gasteiger partial charge in [-0.15, -0.1) is 0 Å². The third kappa shape index (κ3) is 8.89. The van der Waals surface area contributed by atoms with Gasteiger partial charge in [-0.05, 0) is 93.2 Å². The molecule has 0 radical (unpaired) electrons. The second-order valence-electron chi connectivity index (χ2n) is 17.6. The first-order valence-corrected chi connectivity index (χ1v) is 23.4. The van der Waals surface area contributed by atoms with Gasteiger partial charge in [0.1, 0.15) is 22.4 Å². The van der Waals surface area contributed by atoms with Crippen molar-refractivity contribution < 1.29 is 23.9 Å². The first kappa shape index (κ1) is 45.6. The molecule has 352 valence electrons. The minimum atomic E-state index is -0.483. The number of aromatic nitrogens is 6. The van der Waals surface area contributed by atoms with Crippen molar-refractivity contribution >= 4 is 63.3 Å². The lowest BCUT2D eigenvalue weighted by molar-refractivity contribution is -0.142. The summed E-state index contributed by atoms with van der Waals surface area (Å²) in [5.41, 5.74) is 4.91. The highest BCUT2D eigenvalue weighted by atomic mass is 16.5. The van der Waals surface area contributed by atoms with Gasteiger partial charge in [-0.1, -0.05) is 30.3 Å². The number of anilines is 3. The summed E-state index contributed by atoms with van der Waals surface area (Å²) in [5.74, 6) is -0.600. The second-order valence-corrected chi connectivity index (χ2v) is 17.6. The molecular weight excluding hydrogens is 867 g/mol. The maximum Gasteiger partial charge on any atom is 0.313 e. The Morgan fingerprint density at radius 3 is 1.75 bits per heavy atom. The normalized spacial score (nSPS) is 18.2. The van der Waals surface area contributed by atoms with Gasteiger partial charge < -0.3 is 39.6 Å². The van der Waals surface area contributed by atoms with E-state index in [9.17, 15) is 28.8 Å². The highest BCUT2D eigenvalue weighted by Gasteiger charge is 2.37. The third-order valence-electron chi connectivity index (χ3n) is 13.4. The average Bonchev–Trinajstić information content (AvgIpc) is 4.21. The van der Waals surface area contributed by atoms with E-state index in [1.165, 1.54) is 20.2 Å². The summed E-state index contributed by atoms with van der Waals surface area (Å²) in [7, 11) is 1.36. The SMILES string of the molecule is CCn1cc(C(=O)NC2CC(C(=O)OC)c3ccccc32)c(=O)c2cnc(N3CCCC3)nc21.CCn1cc(C(=O)NC2CCc3ccc(NC(C)=O)cc32)c(=O)c2cnc(N3CCCC3)nc21. The molecular formula is C50H55N11O7. The van der Waals surface area contributed by atoms with E-state index in [-0.39, 0.29) is 34.5 Å². The fourth-order valence-corrected chi connectivity index (χ4v) is 9.91. The van der Waals surface area contributed by atoms with Gasteiger partial charge in [-0.2, -0.15) is 9.97 Å². The fourth-order valence-electron chi connectivity index (χ4n) is 9.91. The third-order valence-corrected chi connectivity index (χ3v) is 13.4. The molecule has 3 N–H and O–H groups in total. The van der Waals surface area contributed by atoms with E-state index >= 15 is 0 Å². The van der Waals surface area contributed by atoms with Crippen LogP contribution in [0.25, 0.3) is 22.1 Å². The number of esters is 1. The molecule has 2 aliphatic carbocycles. The molecule has 3 unspecified atom stereocenters. The summed E-state index contributed by atoms with van der Waals surface area (Å²) >= 11 is 0. The van der Waals surface area contributed by atoms with Crippen LogP contribution >= 0.6 is 0 Å². The summed E-state index contributed by atoms with van der Waals surface area (Å²) in [5, 5.41) is 9.44. The lowest BCUT2D eigenvalue weighted by Gasteiger charge is -2.18. The van der Waals surface area contributed by atoms with Gasteiger partial charge in [0.2, 0.25) is 28.7 Å². The molecule has 0 saturated carbocycles. The van der Waals surface area contributed by atoms with E-state index in [1.54, 1.807) is 18.6 Å². The van der Waals surface area contributed by atoms with Crippen molar-refractivity contribution in [3.8, 4) is 0 Å². The van der Waals surface area contributed by atoms with Gasteiger partial charge in [-0.25, -0.2) is 9.97 Å². The van der Waals surface area contributed by atoms with Gasteiger partial charge in [0.15, 0.2) is 0 Å². The van der Waals surface area contributed by atoms with Crippen LogP contribution in [0.3, 0.4) is 0 Å². The molecule has 3 amide bonds. The molecule has 2 saturated heterocycles. The van der Waals surface area contributed by atoms with Crippen molar-refractivity contribution in [1.82, 2.24) is 39.7 Å². The standard InChI is InChI=1S/C25H28N6O3.C25H27N5O4/c1-3-30-14-20(22(33)19-13-26-25(29-23(19)30)31-10-4-5-11-31)24(34)28-21-9-7-16-6-8-17(12-18(16)21)27-15(2)32;1-3-29-14-19(21(31)18-13-26-25(28-22(18)29)30-10-6-7-11-30)23(32)27-20-12-17(24(33)34-2)15-8-4-5-9-16(15)20/h6,8,12-14,21H,3-5,7,9-11H2,1-2H3,(H,27,32)(H,28,34);4-5,8-9,13-14,17,20H,3,6-7,10-12H2,1-2H3,(H,27,32). The number of amides is 3. The Morgan fingerprint density at radius 1 is 0.706 bits per heavy atom. The minimum Gasteiger partial charge on any atom is -0.469 e. The van der Waals surface area contributed by atoms with Crippen molar-refractivity contribution in [3.05, 3.63) is 121 Å². The molecule has 2 aliphatic heterocycles. The highest BCUT2D eigenvalue weighted by molar-refractivity contribution is 5.98. The number of hydrogen-bond acceptors (Lipinski definition) is 13. The Labute approximate surface area is 392 Å². The maximum absolute atomic E-state index is 13.3. The van der Waals surface area contributed by atoms with Gasteiger partial charge >= 0.3 is 5.97 Å². The molecule has 3 atom stereocenters. The van der Waals surface area contributed by atoms with Gasteiger partial charge in [0.25, 0.3) is 11.8 Å². The lowest BCUT2D eigenvalue weighted by Crippen LogP contribution is -2.32. The van der Waals surface area contributed by atoms with Crippen molar-refractivity contribution in [2.75, 3.05) is 48.4 Å². The summed E-state index contributed by atoms with van der Waals surface area (Å²) in [6, 6.07) is 12.6. The highest BCUT2D eigenvalue weighted by Crippen LogP contribution is 2.41. The first-order chi connectivity index (χ1) is 33.0. The monoisotopic (exact) mass is 921 g/mol. The zero-order valence-corrected chi connectivity index (χ0v) is 38.7. The lowest BCUT2D eigenvalue weighted by atomic mass is 10.0. The first-order valence-electron chi connectivity index (χ1n) is 23.4. The number of fused-ring (bicyclic) bond motifs is 4. The number of carbonyl (C=O) groups is 4. The number of ether oxygens (including phenoxy) is 1. The smallest absolute Gasteiger partial charge is 0.313 e. The Balaban J connectivity index is 0.000000170. The van der Waals surface area contributed by atoms with Crippen molar-refractivity contribution in [2.45, 2.75) is 96.8 Å². The zero-order chi connectivity index (χ0) is 47.6. The van der Waals surface area contributed by atoms with E-state index in [4.69, 9.17) is 4.74 Å². The predicted molar refractivity (Wildman–Crippen MR) is 257 cm³/mol. The van der Waals surface area contributed by atoms with Gasteiger partial charge in [0.05, 0.1) is 35.9 Å². The van der Waals surface area contributed by atoms with Crippen LogP contribution in [0.4, 0.5) is 17.6 Å². The number of benzene rings is 2. The zero-order valence-electron chi connectivity index (χ0n) is 38.7. The van der Waals surface area contributed by atoms with Crippen LogP contribution in [0.1, 0.15) is 120 Å². The molecule has 6 aromatic rings. The van der Waals surface area contributed by atoms with Crippen LogP contribution in [0.15, 0.2) is 76.8 Å². The molecule has 0 spiro atoms. The quantitative estimate of drug-likeness (QED) is 0.148. The van der Waals surface area contributed by atoms with E-state index in [0.29, 0.717) is 59.2 Å². The topological polar surface area (TPSA) is 216 Å². The summed E-state index contributed by atoms with van der Waals surface area (Å²) in [4.78, 5) is 99.1. The van der Waals surface area contributed by atoms with Crippen molar-refractivity contribution in [1.29, 1.82) is 0 Å². The molecule has 68 heavy (non-hydrogen) atoms. The van der Waals surface area contributed by atoms with Crippen molar-refractivity contribution in [3.63, 3.8) is 0 Å². The van der Waals surface area contributed by atoms with Crippen LogP contribution in [-0.4, -0.2) is 86.0 Å². The largest absolute Gasteiger partial charge is 0.469 e.